The Hall–Kier alpha value is -2.24. The van der Waals surface area contributed by atoms with Crippen molar-refractivity contribution in [3.8, 4) is 11.5 Å². The number of hydrogen-bond donors (Lipinski definition) is 0. The number of methoxy groups -OCH3 is 1. The maximum Gasteiger partial charge on any atom is 0.253 e. The van der Waals surface area contributed by atoms with Crippen LogP contribution in [0.4, 0.5) is 0 Å². The van der Waals surface area contributed by atoms with E-state index in [9.17, 15) is 4.79 Å². The van der Waals surface area contributed by atoms with Crippen molar-refractivity contribution in [1.82, 2.24) is 9.80 Å². The minimum Gasteiger partial charge on any atom is -0.497 e. The van der Waals surface area contributed by atoms with Crippen molar-refractivity contribution in [1.29, 1.82) is 0 Å². The Labute approximate surface area is 159 Å². The number of carbonyl (C=O) groups is 1. The molecule has 2 aromatic rings. The molecule has 0 radical (unpaired) electrons. The highest BCUT2D eigenvalue weighted by Crippen LogP contribution is 2.17. The third-order valence-corrected chi connectivity index (χ3v) is 4.74. The predicted molar refractivity (Wildman–Crippen MR) is 102 cm³/mol. The van der Waals surface area contributed by atoms with Crippen molar-refractivity contribution in [2.45, 2.75) is 0 Å². The van der Waals surface area contributed by atoms with E-state index in [4.69, 9.17) is 21.1 Å². The molecule has 0 aliphatic carbocycles. The van der Waals surface area contributed by atoms with Gasteiger partial charge in [0.1, 0.15) is 18.1 Å². The number of nitrogens with zero attached hydrogens (tertiary/aromatic N) is 2. The summed E-state index contributed by atoms with van der Waals surface area (Å²) in [6.45, 7) is 4.62. The summed E-state index contributed by atoms with van der Waals surface area (Å²) in [7, 11) is 1.65. The molecule has 1 heterocycles. The Balaban J connectivity index is 1.40. The average Bonchev–Trinajstić information content (AvgIpc) is 2.69. The van der Waals surface area contributed by atoms with Crippen LogP contribution in [0.15, 0.2) is 48.5 Å². The van der Waals surface area contributed by atoms with Crippen molar-refractivity contribution in [2.75, 3.05) is 46.4 Å². The van der Waals surface area contributed by atoms with Crippen LogP contribution in [-0.2, 0) is 0 Å². The highest BCUT2D eigenvalue weighted by Gasteiger charge is 2.21. The van der Waals surface area contributed by atoms with Crippen LogP contribution in [0.3, 0.4) is 0 Å². The minimum absolute atomic E-state index is 0.0656. The molecule has 0 saturated carbocycles. The van der Waals surface area contributed by atoms with Crippen molar-refractivity contribution < 1.29 is 14.3 Å². The molecule has 1 amide bonds. The van der Waals surface area contributed by atoms with Crippen LogP contribution in [-0.4, -0.2) is 62.1 Å². The zero-order valence-corrected chi connectivity index (χ0v) is 15.6. The van der Waals surface area contributed by atoms with E-state index in [1.165, 1.54) is 0 Å². The van der Waals surface area contributed by atoms with Gasteiger partial charge < -0.3 is 14.4 Å². The van der Waals surface area contributed by atoms with E-state index in [1.807, 2.05) is 29.2 Å². The van der Waals surface area contributed by atoms with E-state index < -0.39 is 0 Å². The lowest BCUT2D eigenvalue weighted by Crippen LogP contribution is -2.49. The van der Waals surface area contributed by atoms with E-state index in [0.717, 1.165) is 44.2 Å². The van der Waals surface area contributed by atoms with Crippen molar-refractivity contribution in [3.05, 3.63) is 59.1 Å². The van der Waals surface area contributed by atoms with Gasteiger partial charge in [0.2, 0.25) is 0 Å². The summed E-state index contributed by atoms with van der Waals surface area (Å²) in [5, 5.41) is 0.642. The first-order chi connectivity index (χ1) is 12.7. The minimum atomic E-state index is 0.0656. The molecular weight excluding hydrogens is 352 g/mol. The molecule has 26 heavy (non-hydrogen) atoms. The molecule has 5 nitrogen and oxygen atoms in total. The van der Waals surface area contributed by atoms with Gasteiger partial charge >= 0.3 is 0 Å². The second kappa shape index (κ2) is 8.92. The van der Waals surface area contributed by atoms with Gasteiger partial charge in [-0.3, -0.25) is 9.69 Å². The highest BCUT2D eigenvalue weighted by atomic mass is 35.5. The molecule has 0 aromatic heterocycles. The summed E-state index contributed by atoms with van der Waals surface area (Å²) < 4.78 is 10.9. The Morgan fingerprint density at radius 1 is 0.962 bits per heavy atom. The third-order valence-electron chi connectivity index (χ3n) is 4.49. The third kappa shape index (κ3) is 4.90. The van der Waals surface area contributed by atoms with Gasteiger partial charge in [0.15, 0.2) is 0 Å². The number of carbonyl (C=O) groups excluding carboxylic acids is 1. The fourth-order valence-corrected chi connectivity index (χ4v) is 3.04. The molecule has 3 rings (SSSR count). The number of amides is 1. The van der Waals surface area contributed by atoms with E-state index >= 15 is 0 Å². The first kappa shape index (κ1) is 18.5. The molecule has 1 fully saturated rings. The van der Waals surface area contributed by atoms with E-state index in [-0.39, 0.29) is 5.91 Å². The van der Waals surface area contributed by atoms with Gasteiger partial charge in [-0.1, -0.05) is 11.6 Å². The van der Waals surface area contributed by atoms with Gasteiger partial charge in [0.05, 0.1) is 7.11 Å². The lowest BCUT2D eigenvalue weighted by molar-refractivity contribution is 0.0620. The first-order valence-electron chi connectivity index (χ1n) is 8.70. The van der Waals surface area contributed by atoms with Gasteiger partial charge in [0.25, 0.3) is 5.91 Å². The summed E-state index contributed by atoms with van der Waals surface area (Å²) in [5.74, 6) is 1.72. The summed E-state index contributed by atoms with van der Waals surface area (Å²) in [4.78, 5) is 16.7. The number of ether oxygens (including phenoxy) is 2. The summed E-state index contributed by atoms with van der Waals surface area (Å²) in [5.41, 5.74) is 0.686. The SMILES string of the molecule is COc1ccc(OCCN2CCN(C(=O)c3ccc(Cl)cc3)CC2)cc1. The van der Waals surface area contributed by atoms with Gasteiger partial charge in [-0.25, -0.2) is 0 Å². The van der Waals surface area contributed by atoms with Crippen LogP contribution < -0.4 is 9.47 Å². The smallest absolute Gasteiger partial charge is 0.253 e. The van der Waals surface area contributed by atoms with E-state index in [2.05, 4.69) is 4.90 Å². The lowest BCUT2D eigenvalue weighted by atomic mass is 10.2. The van der Waals surface area contributed by atoms with Gasteiger partial charge in [0, 0.05) is 43.3 Å². The molecule has 0 N–H and O–H groups in total. The maximum absolute atomic E-state index is 12.5. The molecule has 1 aliphatic rings. The number of halogens is 1. The summed E-state index contributed by atoms with van der Waals surface area (Å²) >= 11 is 5.88. The van der Waals surface area contributed by atoms with Gasteiger partial charge in [-0.05, 0) is 48.5 Å². The Morgan fingerprint density at radius 3 is 2.19 bits per heavy atom. The van der Waals surface area contributed by atoms with Crippen LogP contribution in [0.1, 0.15) is 10.4 Å². The standard InChI is InChI=1S/C20H23ClN2O3/c1-25-18-6-8-19(9-7-18)26-15-14-22-10-12-23(13-11-22)20(24)16-2-4-17(21)5-3-16/h2-9H,10-15H2,1H3. The van der Waals surface area contributed by atoms with Gasteiger partial charge in [-0.15, -0.1) is 0 Å². The molecule has 6 heteroatoms. The zero-order valence-electron chi connectivity index (χ0n) is 14.9. The quantitative estimate of drug-likeness (QED) is 0.778. The van der Waals surface area contributed by atoms with Crippen LogP contribution in [0.2, 0.25) is 5.02 Å². The fraction of sp³-hybridized carbons (Fsp3) is 0.350. The number of benzene rings is 2. The van der Waals surface area contributed by atoms with Crippen LogP contribution in [0.5, 0.6) is 11.5 Å². The first-order valence-corrected chi connectivity index (χ1v) is 9.07. The molecule has 0 unspecified atom stereocenters. The number of hydrogen-bond acceptors (Lipinski definition) is 4. The van der Waals surface area contributed by atoms with Crippen LogP contribution in [0.25, 0.3) is 0 Å². The average molecular weight is 375 g/mol. The van der Waals surface area contributed by atoms with Crippen molar-refractivity contribution in [3.63, 3.8) is 0 Å². The van der Waals surface area contributed by atoms with Gasteiger partial charge in [-0.2, -0.15) is 0 Å². The molecule has 138 valence electrons. The number of piperazine rings is 1. The highest BCUT2D eigenvalue weighted by molar-refractivity contribution is 6.30. The van der Waals surface area contributed by atoms with Crippen LogP contribution in [0, 0.1) is 0 Å². The second-order valence-corrected chi connectivity index (χ2v) is 6.60. The van der Waals surface area contributed by atoms with E-state index in [0.29, 0.717) is 17.2 Å². The Morgan fingerprint density at radius 2 is 1.58 bits per heavy atom. The fourth-order valence-electron chi connectivity index (χ4n) is 2.91. The topological polar surface area (TPSA) is 42.0 Å². The molecule has 0 atom stereocenters. The monoisotopic (exact) mass is 374 g/mol. The molecule has 0 spiro atoms. The van der Waals surface area contributed by atoms with Crippen molar-refractivity contribution in [2.24, 2.45) is 0 Å². The summed E-state index contributed by atoms with van der Waals surface area (Å²) in [6.07, 6.45) is 0. The number of rotatable bonds is 6. The molecule has 1 saturated heterocycles. The zero-order chi connectivity index (χ0) is 18.4. The van der Waals surface area contributed by atoms with Crippen molar-refractivity contribution >= 4 is 17.5 Å². The molecule has 1 aliphatic heterocycles. The lowest BCUT2D eigenvalue weighted by Gasteiger charge is -2.34. The normalized spacial score (nSPS) is 14.9. The largest absolute Gasteiger partial charge is 0.497 e. The van der Waals surface area contributed by atoms with E-state index in [1.54, 1.807) is 31.4 Å². The Bertz CT molecular complexity index is 711. The van der Waals surface area contributed by atoms with Crippen LogP contribution >= 0.6 is 11.6 Å². The summed E-state index contributed by atoms with van der Waals surface area (Å²) in [6, 6.07) is 14.6. The second-order valence-electron chi connectivity index (χ2n) is 6.16. The Kier molecular flexibility index (Phi) is 6.36. The molecule has 0 bridgehead atoms. The molecular formula is C20H23ClN2O3. The maximum atomic E-state index is 12.5. The predicted octanol–water partition coefficient (Wildman–Crippen LogP) is 3.19. The molecule has 2 aromatic carbocycles.